The maximum Gasteiger partial charge on any atom is 0.514 e. The van der Waals surface area contributed by atoms with Crippen molar-refractivity contribution in [3.05, 3.63) is 42.5 Å². The Hall–Kier alpha value is -1.81. The van der Waals surface area contributed by atoms with Crippen LogP contribution in [0.15, 0.2) is 42.5 Å². The van der Waals surface area contributed by atoms with Crippen LogP contribution < -0.4 is 4.74 Å². The smallest absolute Gasteiger partial charge is 0.430 e. The number of carbonyl (C=O) groups is 1. The van der Waals surface area contributed by atoms with Crippen molar-refractivity contribution in [1.82, 2.24) is 0 Å². The molecule has 4 heteroatoms. The van der Waals surface area contributed by atoms with E-state index in [0.29, 0.717) is 11.7 Å². The van der Waals surface area contributed by atoms with Gasteiger partial charge in [-0.15, -0.1) is 0 Å². The number of hydrogen-bond donors (Lipinski definition) is 0. The summed E-state index contributed by atoms with van der Waals surface area (Å²) < 4.78 is 17.0. The fourth-order valence-electron chi connectivity index (χ4n) is 7.82. The Balaban J connectivity index is 1.30. The number of allylic oxidation sites excluding steroid dienone is 1. The molecule has 1 aromatic carbocycles. The molecule has 0 unspecified atom stereocenters. The molecule has 0 aliphatic heterocycles. The van der Waals surface area contributed by atoms with Gasteiger partial charge in [0.2, 0.25) is 0 Å². The number of benzene rings is 1. The summed E-state index contributed by atoms with van der Waals surface area (Å²) in [7, 11) is 1.83. The second-order valence-electron chi connectivity index (χ2n) is 10.8. The molecule has 4 aliphatic rings. The topological polar surface area (TPSA) is 44.8 Å². The molecule has 4 aliphatic carbocycles. The molecule has 168 valence electrons. The van der Waals surface area contributed by atoms with Crippen LogP contribution in [0.25, 0.3) is 0 Å². The van der Waals surface area contributed by atoms with Gasteiger partial charge in [0.05, 0.1) is 6.10 Å². The molecule has 0 bridgehead atoms. The molecule has 0 radical (unpaired) electrons. The lowest BCUT2D eigenvalue weighted by Gasteiger charge is -2.59. The first-order chi connectivity index (χ1) is 14.9. The van der Waals surface area contributed by atoms with E-state index >= 15 is 0 Å². The van der Waals surface area contributed by atoms with Crippen LogP contribution in [0.5, 0.6) is 5.75 Å². The van der Waals surface area contributed by atoms with Crippen molar-refractivity contribution < 1.29 is 19.0 Å². The first-order valence-corrected chi connectivity index (χ1v) is 12.1. The summed E-state index contributed by atoms with van der Waals surface area (Å²) in [5.41, 5.74) is 0.345. The Labute approximate surface area is 186 Å². The highest BCUT2D eigenvalue weighted by atomic mass is 16.7. The van der Waals surface area contributed by atoms with E-state index in [1.54, 1.807) is 12.1 Å². The van der Waals surface area contributed by atoms with E-state index < -0.39 is 6.16 Å². The van der Waals surface area contributed by atoms with Gasteiger partial charge in [-0.2, -0.15) is 0 Å². The molecule has 3 saturated carbocycles. The summed E-state index contributed by atoms with van der Waals surface area (Å²) in [6, 6.07) is 9.21. The highest BCUT2D eigenvalue weighted by Gasteiger charge is 2.60. The summed E-state index contributed by atoms with van der Waals surface area (Å²) in [4.78, 5) is 12.5. The lowest BCUT2D eigenvalue weighted by Crippen LogP contribution is -2.53. The van der Waals surface area contributed by atoms with Crippen molar-refractivity contribution in [2.24, 2.45) is 34.5 Å². The summed E-state index contributed by atoms with van der Waals surface area (Å²) >= 11 is 0. The minimum Gasteiger partial charge on any atom is -0.430 e. The molecule has 0 spiro atoms. The van der Waals surface area contributed by atoms with E-state index in [-0.39, 0.29) is 23.0 Å². The molecule has 8 atom stereocenters. The van der Waals surface area contributed by atoms with Gasteiger partial charge in [0.15, 0.2) is 0 Å². The number of para-hydroxylation sites is 1. The molecule has 0 heterocycles. The van der Waals surface area contributed by atoms with Crippen LogP contribution >= 0.6 is 0 Å². The van der Waals surface area contributed by atoms with Crippen molar-refractivity contribution >= 4 is 6.16 Å². The van der Waals surface area contributed by atoms with E-state index in [1.807, 2.05) is 25.3 Å². The van der Waals surface area contributed by atoms with Gasteiger partial charge >= 0.3 is 6.16 Å². The lowest BCUT2D eigenvalue weighted by molar-refractivity contribution is -0.105. The Kier molecular flexibility index (Phi) is 5.40. The number of methoxy groups -OCH3 is 1. The molecule has 5 rings (SSSR count). The second kappa shape index (κ2) is 7.95. The third-order valence-corrected chi connectivity index (χ3v) is 9.55. The quantitative estimate of drug-likeness (QED) is 0.320. The van der Waals surface area contributed by atoms with E-state index in [1.165, 1.54) is 19.3 Å². The predicted molar refractivity (Wildman–Crippen MR) is 120 cm³/mol. The first kappa shape index (κ1) is 21.1. The van der Waals surface area contributed by atoms with Crippen molar-refractivity contribution in [3.8, 4) is 5.75 Å². The van der Waals surface area contributed by atoms with Gasteiger partial charge < -0.3 is 14.2 Å². The summed E-state index contributed by atoms with van der Waals surface area (Å²) in [6.07, 6.45) is 12.7. The summed E-state index contributed by atoms with van der Waals surface area (Å²) in [5.74, 6) is 3.35. The van der Waals surface area contributed by atoms with Gasteiger partial charge in [-0.3, -0.25) is 0 Å². The minimum atomic E-state index is -0.559. The molecule has 0 saturated heterocycles. The summed E-state index contributed by atoms with van der Waals surface area (Å²) in [6.45, 7) is 4.87. The third kappa shape index (κ3) is 3.51. The second-order valence-corrected chi connectivity index (χ2v) is 10.8. The number of fused-ring (bicyclic) bond motifs is 5. The van der Waals surface area contributed by atoms with Crippen LogP contribution in [-0.4, -0.2) is 25.5 Å². The van der Waals surface area contributed by atoms with Crippen LogP contribution in [0.4, 0.5) is 4.79 Å². The normalized spacial score (nSPS) is 43.5. The first-order valence-electron chi connectivity index (χ1n) is 12.1. The van der Waals surface area contributed by atoms with Crippen LogP contribution in [0.3, 0.4) is 0 Å². The van der Waals surface area contributed by atoms with Gasteiger partial charge in [0.1, 0.15) is 11.9 Å². The number of rotatable bonds is 3. The van der Waals surface area contributed by atoms with Crippen LogP contribution in [0, 0.1) is 34.5 Å². The fraction of sp³-hybridized carbons (Fsp3) is 0.667. The number of carbonyl (C=O) groups excluding carboxylic acids is 1. The Morgan fingerprint density at radius 2 is 1.81 bits per heavy atom. The zero-order valence-corrected chi connectivity index (χ0v) is 19.1. The molecule has 0 aromatic heterocycles. The zero-order valence-electron chi connectivity index (χ0n) is 19.1. The van der Waals surface area contributed by atoms with Crippen LogP contribution in [0.1, 0.15) is 58.8 Å². The minimum absolute atomic E-state index is 0.0417. The molecule has 3 fully saturated rings. The third-order valence-electron chi connectivity index (χ3n) is 9.55. The Morgan fingerprint density at radius 1 is 1.00 bits per heavy atom. The molecule has 4 nitrogen and oxygen atoms in total. The van der Waals surface area contributed by atoms with Gasteiger partial charge in [0.25, 0.3) is 0 Å². The summed E-state index contributed by atoms with van der Waals surface area (Å²) in [5, 5.41) is 0. The van der Waals surface area contributed by atoms with E-state index in [2.05, 4.69) is 26.0 Å². The highest BCUT2D eigenvalue weighted by molar-refractivity contribution is 5.64. The zero-order chi connectivity index (χ0) is 21.6. The lowest BCUT2D eigenvalue weighted by atomic mass is 9.46. The SMILES string of the molecule is CO[C@@H]1C=C[C@@]2(C)[C@@H](CC[C@@H]3[C@@H]2CC[C@]2(C)[C@@H](OC(=O)Oc4ccccc4)CC[C@@H]32)C1. The van der Waals surface area contributed by atoms with Crippen LogP contribution in [-0.2, 0) is 9.47 Å². The maximum atomic E-state index is 12.5. The van der Waals surface area contributed by atoms with Crippen molar-refractivity contribution in [2.45, 2.75) is 71.0 Å². The molecular formula is C27H36O4. The molecule has 0 amide bonds. The van der Waals surface area contributed by atoms with Crippen molar-refractivity contribution in [3.63, 3.8) is 0 Å². The van der Waals surface area contributed by atoms with Gasteiger partial charge in [-0.1, -0.05) is 44.2 Å². The van der Waals surface area contributed by atoms with Crippen molar-refractivity contribution in [1.29, 1.82) is 0 Å². The van der Waals surface area contributed by atoms with E-state index in [0.717, 1.165) is 43.4 Å². The van der Waals surface area contributed by atoms with Gasteiger partial charge in [0, 0.05) is 12.5 Å². The number of hydrogen-bond acceptors (Lipinski definition) is 4. The molecule has 1 aromatic rings. The van der Waals surface area contributed by atoms with E-state index in [9.17, 15) is 4.79 Å². The number of ether oxygens (including phenoxy) is 3. The average molecular weight is 425 g/mol. The van der Waals surface area contributed by atoms with E-state index in [4.69, 9.17) is 14.2 Å². The van der Waals surface area contributed by atoms with Gasteiger partial charge in [-0.25, -0.2) is 4.79 Å². The Morgan fingerprint density at radius 3 is 2.58 bits per heavy atom. The highest BCUT2D eigenvalue weighted by Crippen LogP contribution is 2.65. The van der Waals surface area contributed by atoms with Crippen molar-refractivity contribution in [2.75, 3.05) is 7.11 Å². The predicted octanol–water partition coefficient (Wildman–Crippen LogP) is 6.40. The molecule has 0 N–H and O–H groups in total. The van der Waals surface area contributed by atoms with Crippen LogP contribution in [0.2, 0.25) is 0 Å². The maximum absolute atomic E-state index is 12.5. The fourth-order valence-corrected chi connectivity index (χ4v) is 7.82. The van der Waals surface area contributed by atoms with Gasteiger partial charge in [-0.05, 0) is 86.2 Å². The monoisotopic (exact) mass is 424 g/mol. The average Bonchev–Trinajstić information content (AvgIpc) is 3.10. The largest absolute Gasteiger partial charge is 0.514 e. The molecular weight excluding hydrogens is 388 g/mol. The molecule has 31 heavy (non-hydrogen) atoms. The standard InChI is InChI=1S/C27H36O4/c1-26-15-13-20(29-3)17-18(26)9-10-21-22-11-12-24(27(22,2)16-14-23(21)26)31-25(28)30-19-7-5-4-6-8-19/h4-8,13,15,18,20-24H,9-12,14,16-17H2,1-3H3/t18-,20+,21-,22-,23-,24-,26-,27-/m0/s1. The Bertz CT molecular complexity index is 835.